The highest BCUT2D eigenvalue weighted by molar-refractivity contribution is 9.11. The number of nitrogens with one attached hydrogen (secondary N) is 1. The number of carbonyl (C=O) groups excluding carboxylic acids is 1. The summed E-state index contributed by atoms with van der Waals surface area (Å²) in [6.07, 6.45) is 6.86. The predicted octanol–water partition coefficient (Wildman–Crippen LogP) is 5.38. The van der Waals surface area contributed by atoms with Crippen molar-refractivity contribution in [1.82, 2.24) is 20.1 Å². The second-order valence-corrected chi connectivity index (χ2v) is 10.9. The standard InChI is InChI=1S/C25H34Br2N4O2/c1-18-22(29-25(33-18)23-20(26)7-5-8-21(23)27)17-31-15-9-19(10-16-31)24(32)28-11-6-14-30-12-3-2-4-13-30/h5,7-8,19H,2-4,6,9-17H2,1H3,(H,28,32). The van der Waals surface area contributed by atoms with Crippen LogP contribution in [0.4, 0.5) is 0 Å². The number of likely N-dealkylation sites (tertiary alicyclic amines) is 2. The van der Waals surface area contributed by atoms with E-state index < -0.39 is 0 Å². The van der Waals surface area contributed by atoms with E-state index in [0.717, 1.165) is 77.9 Å². The summed E-state index contributed by atoms with van der Waals surface area (Å²) in [4.78, 5) is 22.3. The average molecular weight is 582 g/mol. The molecule has 1 aromatic heterocycles. The molecule has 33 heavy (non-hydrogen) atoms. The average Bonchev–Trinajstić information content (AvgIpc) is 3.17. The number of rotatable bonds is 8. The Morgan fingerprint density at radius 3 is 2.48 bits per heavy atom. The van der Waals surface area contributed by atoms with Crippen LogP contribution >= 0.6 is 31.9 Å². The Labute approximate surface area is 213 Å². The minimum Gasteiger partial charge on any atom is -0.441 e. The van der Waals surface area contributed by atoms with Crippen molar-refractivity contribution in [1.29, 1.82) is 0 Å². The van der Waals surface area contributed by atoms with Crippen molar-refractivity contribution in [2.45, 2.75) is 52.0 Å². The van der Waals surface area contributed by atoms with Crippen LogP contribution in [0.1, 0.15) is 50.0 Å². The van der Waals surface area contributed by atoms with E-state index in [1.807, 2.05) is 25.1 Å². The number of hydrogen-bond acceptors (Lipinski definition) is 5. The Hall–Kier alpha value is -1.22. The van der Waals surface area contributed by atoms with Crippen LogP contribution in [0.15, 0.2) is 31.6 Å². The SMILES string of the molecule is Cc1oc(-c2c(Br)cccc2Br)nc1CN1CCC(C(=O)NCCCN2CCCCC2)CC1. The molecule has 2 aliphatic rings. The summed E-state index contributed by atoms with van der Waals surface area (Å²) < 4.78 is 7.90. The summed E-state index contributed by atoms with van der Waals surface area (Å²) in [5.74, 6) is 1.83. The minimum atomic E-state index is 0.126. The van der Waals surface area contributed by atoms with Gasteiger partial charge in [0.1, 0.15) is 5.76 Å². The lowest BCUT2D eigenvalue weighted by Gasteiger charge is -2.31. The van der Waals surface area contributed by atoms with Crippen LogP contribution in [0, 0.1) is 12.8 Å². The Bertz CT molecular complexity index is 914. The molecule has 0 atom stereocenters. The molecule has 2 aliphatic heterocycles. The topological polar surface area (TPSA) is 61.6 Å². The summed E-state index contributed by atoms with van der Waals surface area (Å²) >= 11 is 7.20. The number of nitrogens with zero attached hydrogens (tertiary/aromatic N) is 3. The number of amides is 1. The Balaban J connectivity index is 1.22. The maximum Gasteiger partial charge on any atom is 0.228 e. The summed E-state index contributed by atoms with van der Waals surface area (Å²) in [5, 5.41) is 3.18. The first-order valence-corrected chi connectivity index (χ1v) is 13.7. The van der Waals surface area contributed by atoms with E-state index in [4.69, 9.17) is 9.40 Å². The van der Waals surface area contributed by atoms with Gasteiger partial charge in [0.2, 0.25) is 11.8 Å². The molecular weight excluding hydrogens is 548 g/mol. The van der Waals surface area contributed by atoms with Crippen molar-refractivity contribution < 1.29 is 9.21 Å². The number of benzene rings is 1. The van der Waals surface area contributed by atoms with Crippen molar-refractivity contribution in [2.24, 2.45) is 5.92 Å². The van der Waals surface area contributed by atoms with Crippen molar-refractivity contribution in [3.05, 3.63) is 38.6 Å². The number of halogens is 2. The van der Waals surface area contributed by atoms with E-state index in [-0.39, 0.29) is 11.8 Å². The number of aryl methyl sites for hydroxylation is 1. The second kappa shape index (κ2) is 12.0. The van der Waals surface area contributed by atoms with Gasteiger partial charge in [-0.2, -0.15) is 0 Å². The smallest absolute Gasteiger partial charge is 0.228 e. The van der Waals surface area contributed by atoms with E-state index in [0.29, 0.717) is 5.89 Å². The Morgan fingerprint density at radius 2 is 1.79 bits per heavy atom. The van der Waals surface area contributed by atoms with Gasteiger partial charge in [0.15, 0.2) is 0 Å². The van der Waals surface area contributed by atoms with Crippen LogP contribution in [-0.4, -0.2) is 60.0 Å². The zero-order chi connectivity index (χ0) is 23.2. The van der Waals surface area contributed by atoms with Crippen molar-refractivity contribution in [3.8, 4) is 11.5 Å². The Morgan fingerprint density at radius 1 is 1.09 bits per heavy atom. The van der Waals surface area contributed by atoms with Crippen LogP contribution in [-0.2, 0) is 11.3 Å². The van der Waals surface area contributed by atoms with Crippen LogP contribution in [0.2, 0.25) is 0 Å². The van der Waals surface area contributed by atoms with Gasteiger partial charge in [0.25, 0.3) is 0 Å². The van der Waals surface area contributed by atoms with Gasteiger partial charge in [-0.05, 0) is 116 Å². The molecule has 0 radical (unpaired) electrons. The molecule has 0 bridgehead atoms. The van der Waals surface area contributed by atoms with Gasteiger partial charge in [0, 0.05) is 28.0 Å². The van der Waals surface area contributed by atoms with E-state index in [1.165, 1.54) is 32.4 Å². The minimum absolute atomic E-state index is 0.126. The van der Waals surface area contributed by atoms with Crippen LogP contribution in [0.5, 0.6) is 0 Å². The quantitative estimate of drug-likeness (QED) is 0.424. The van der Waals surface area contributed by atoms with Gasteiger partial charge in [-0.3, -0.25) is 9.69 Å². The summed E-state index contributed by atoms with van der Waals surface area (Å²) in [6.45, 7) is 8.88. The van der Waals surface area contributed by atoms with Crippen molar-refractivity contribution in [2.75, 3.05) is 39.3 Å². The van der Waals surface area contributed by atoms with Gasteiger partial charge in [-0.1, -0.05) is 12.5 Å². The molecule has 8 heteroatoms. The zero-order valence-corrected chi connectivity index (χ0v) is 22.6. The van der Waals surface area contributed by atoms with Crippen LogP contribution in [0.25, 0.3) is 11.5 Å². The third kappa shape index (κ3) is 6.68. The molecule has 0 spiro atoms. The van der Waals surface area contributed by atoms with E-state index in [1.54, 1.807) is 0 Å². The van der Waals surface area contributed by atoms with Gasteiger partial charge in [-0.15, -0.1) is 0 Å². The molecule has 2 saturated heterocycles. The van der Waals surface area contributed by atoms with E-state index in [9.17, 15) is 4.79 Å². The second-order valence-electron chi connectivity index (χ2n) is 9.22. The normalized spacial score (nSPS) is 18.5. The lowest BCUT2D eigenvalue weighted by molar-refractivity contribution is -0.126. The first-order valence-electron chi connectivity index (χ1n) is 12.1. The monoisotopic (exact) mass is 580 g/mol. The van der Waals surface area contributed by atoms with Gasteiger partial charge >= 0.3 is 0 Å². The maximum atomic E-state index is 12.6. The fourth-order valence-electron chi connectivity index (χ4n) is 4.79. The summed E-state index contributed by atoms with van der Waals surface area (Å²) in [7, 11) is 0. The first-order chi connectivity index (χ1) is 16.0. The Kier molecular flexibility index (Phi) is 9.02. The van der Waals surface area contributed by atoms with E-state index >= 15 is 0 Å². The predicted molar refractivity (Wildman–Crippen MR) is 138 cm³/mol. The summed E-state index contributed by atoms with van der Waals surface area (Å²) in [6, 6.07) is 5.95. The molecule has 0 aliphatic carbocycles. The molecule has 0 unspecified atom stereocenters. The van der Waals surface area contributed by atoms with Gasteiger partial charge in [0.05, 0.1) is 11.3 Å². The molecule has 180 valence electrons. The van der Waals surface area contributed by atoms with Crippen LogP contribution < -0.4 is 5.32 Å². The third-order valence-corrected chi connectivity index (χ3v) is 8.12. The number of hydrogen-bond donors (Lipinski definition) is 1. The molecule has 2 aromatic rings. The zero-order valence-electron chi connectivity index (χ0n) is 19.4. The highest BCUT2D eigenvalue weighted by Gasteiger charge is 2.26. The molecule has 2 fully saturated rings. The maximum absolute atomic E-state index is 12.6. The fraction of sp³-hybridized carbons (Fsp3) is 0.600. The lowest BCUT2D eigenvalue weighted by atomic mass is 9.95. The molecule has 1 aromatic carbocycles. The van der Waals surface area contributed by atoms with Crippen molar-refractivity contribution in [3.63, 3.8) is 0 Å². The lowest BCUT2D eigenvalue weighted by Crippen LogP contribution is -2.41. The van der Waals surface area contributed by atoms with Gasteiger partial charge < -0.3 is 14.6 Å². The molecular formula is C25H34Br2N4O2. The molecule has 0 saturated carbocycles. The molecule has 1 amide bonds. The highest BCUT2D eigenvalue weighted by Crippen LogP contribution is 2.35. The number of aromatic nitrogens is 1. The van der Waals surface area contributed by atoms with Crippen molar-refractivity contribution >= 4 is 37.8 Å². The molecule has 6 nitrogen and oxygen atoms in total. The number of oxazole rings is 1. The summed E-state index contributed by atoms with van der Waals surface area (Å²) in [5.41, 5.74) is 1.90. The molecule has 1 N–H and O–H groups in total. The number of piperidine rings is 2. The third-order valence-electron chi connectivity index (χ3n) is 6.80. The first kappa shape index (κ1) is 24.9. The van der Waals surface area contributed by atoms with E-state index in [2.05, 4.69) is 47.0 Å². The highest BCUT2D eigenvalue weighted by atomic mass is 79.9. The van der Waals surface area contributed by atoms with Gasteiger partial charge in [-0.25, -0.2) is 4.98 Å². The largest absolute Gasteiger partial charge is 0.441 e. The fourth-order valence-corrected chi connectivity index (χ4v) is 6.13. The number of carbonyl (C=O) groups is 1. The molecule has 4 rings (SSSR count). The van der Waals surface area contributed by atoms with Crippen LogP contribution in [0.3, 0.4) is 0 Å². The molecule has 3 heterocycles.